The van der Waals surface area contributed by atoms with Crippen LogP contribution in [0, 0.1) is 0 Å². The SMILES string of the molecule is NCC(=O)N[C@@H](CS)C(=O)N1C[C@H](O)C[C@H]1C(=O)N[C@@H](Cc1c[nH]c2ccccc12)C(=O)N[C@@H](CCC(=O)O)C(=O)N1CCC[C@H]1C(=O)N[C@@H](Cc1c[nH]c2ccccc12)C(=O)N[C@@H](CS)C(=O)O. The lowest BCUT2D eigenvalue weighted by molar-refractivity contribution is -0.144. The van der Waals surface area contributed by atoms with Gasteiger partial charge in [0.25, 0.3) is 0 Å². The van der Waals surface area contributed by atoms with Gasteiger partial charge in [0.1, 0.15) is 42.3 Å². The van der Waals surface area contributed by atoms with Crippen molar-refractivity contribution in [2.24, 2.45) is 5.73 Å². The van der Waals surface area contributed by atoms with Gasteiger partial charge >= 0.3 is 11.9 Å². The number of aromatic nitrogens is 2. The molecule has 6 rings (SSSR count). The zero-order chi connectivity index (χ0) is 49.9. The Labute approximate surface area is 406 Å². The Morgan fingerprint density at radius 3 is 1.72 bits per heavy atom. The topological polar surface area (TPSA) is 339 Å². The molecular weight excluding hydrogens is 937 g/mol. The average molecular weight is 993 g/mol. The van der Waals surface area contributed by atoms with E-state index in [1.807, 2.05) is 18.2 Å². The van der Waals surface area contributed by atoms with Crippen LogP contribution < -0.4 is 32.3 Å². The van der Waals surface area contributed by atoms with Gasteiger partial charge in [-0.25, -0.2) is 4.79 Å². The Balaban J connectivity index is 1.25. The first kappa shape index (κ1) is 51.8. The number of H-pyrrole nitrogens is 2. The molecule has 370 valence electrons. The van der Waals surface area contributed by atoms with E-state index in [0.29, 0.717) is 28.5 Å². The van der Waals surface area contributed by atoms with Crippen LogP contribution in [0.2, 0.25) is 0 Å². The number of thiol groups is 2. The number of para-hydroxylation sites is 2. The highest BCUT2D eigenvalue weighted by Crippen LogP contribution is 2.25. The van der Waals surface area contributed by atoms with Gasteiger partial charge < -0.3 is 67.4 Å². The molecule has 69 heavy (non-hydrogen) atoms. The standard InChI is InChI=1S/C45H56N10O12S2/c46-17-37(57)49-33(21-68)44(65)55-20-25(56)16-36(55)42(63)52-31(14-23-18-47-28-8-3-1-6-26(23)28)39(60)50-30(11-12-38(58)59)43(64)54-13-5-10-35(54)41(62)51-32(40(61)53-34(22-69)45(66)67)15-24-19-48-29-9-4-2-7-27(24)29/h1-4,6-9,18-19,25,30-36,47-48,56,68-69H,5,10-17,20-22,46H2,(H,49,57)(H,50,60)(H,51,62)(H,52,63)(H,53,61)(H,58,59)(H,66,67)/t25-,30+,31+,32+,33+,34+,35+,36+/m1/s1. The summed E-state index contributed by atoms with van der Waals surface area (Å²) in [5, 5.41) is 44.3. The molecule has 2 aliphatic rings. The van der Waals surface area contributed by atoms with Crippen LogP contribution in [0.15, 0.2) is 60.9 Å². The van der Waals surface area contributed by atoms with E-state index in [-0.39, 0.29) is 50.3 Å². The Hall–Kier alpha value is -6.63. The summed E-state index contributed by atoms with van der Waals surface area (Å²) < 4.78 is 0. The molecule has 0 unspecified atom stereocenters. The maximum atomic E-state index is 14.6. The highest BCUT2D eigenvalue weighted by molar-refractivity contribution is 7.80. The van der Waals surface area contributed by atoms with Crippen LogP contribution in [-0.2, 0) is 56.0 Å². The molecule has 2 aliphatic heterocycles. The smallest absolute Gasteiger partial charge is 0.327 e. The number of carbonyl (C=O) groups excluding carboxylic acids is 7. The van der Waals surface area contributed by atoms with Crippen molar-refractivity contribution in [3.63, 3.8) is 0 Å². The summed E-state index contributed by atoms with van der Waals surface area (Å²) in [6.07, 6.45) is 1.11. The molecule has 2 aromatic heterocycles. The van der Waals surface area contributed by atoms with Crippen LogP contribution >= 0.6 is 25.3 Å². The Morgan fingerprint density at radius 1 is 0.681 bits per heavy atom. The normalized spacial score (nSPS) is 19.0. The van der Waals surface area contributed by atoms with E-state index in [0.717, 1.165) is 15.8 Å². The summed E-state index contributed by atoms with van der Waals surface area (Å²) in [5.41, 5.74) is 8.09. The number of hydrogen-bond donors (Lipinski definition) is 13. The second kappa shape index (κ2) is 23.6. The fourth-order valence-electron chi connectivity index (χ4n) is 8.70. The van der Waals surface area contributed by atoms with Gasteiger partial charge in [0, 0.05) is 84.5 Å². The van der Waals surface area contributed by atoms with Gasteiger partial charge in [-0.05, 0) is 42.5 Å². The number of aliphatic hydroxyl groups is 1. The van der Waals surface area contributed by atoms with Crippen LogP contribution in [0.3, 0.4) is 0 Å². The number of aromatic amines is 2. The predicted octanol–water partition coefficient (Wildman–Crippen LogP) is -1.42. The lowest BCUT2D eigenvalue weighted by Gasteiger charge is -2.31. The molecule has 0 bridgehead atoms. The number of likely N-dealkylation sites (tertiary alicyclic amines) is 2. The van der Waals surface area contributed by atoms with E-state index < -0.39 is 121 Å². The number of nitrogens with one attached hydrogen (secondary N) is 7. The second-order valence-corrected chi connectivity index (χ2v) is 17.6. The molecule has 2 aromatic carbocycles. The third-order valence-electron chi connectivity index (χ3n) is 12.2. The van der Waals surface area contributed by atoms with E-state index >= 15 is 0 Å². The van der Waals surface area contributed by atoms with Crippen molar-refractivity contribution in [2.75, 3.05) is 31.1 Å². The predicted molar refractivity (Wildman–Crippen MR) is 256 cm³/mol. The van der Waals surface area contributed by atoms with E-state index in [2.05, 4.69) is 61.8 Å². The summed E-state index contributed by atoms with van der Waals surface area (Å²) in [6, 6.07) is 4.96. The summed E-state index contributed by atoms with van der Waals surface area (Å²) in [6.45, 7) is -0.684. The number of carbonyl (C=O) groups is 9. The fourth-order valence-corrected chi connectivity index (χ4v) is 9.19. The van der Waals surface area contributed by atoms with Crippen molar-refractivity contribution < 1.29 is 58.5 Å². The molecule has 0 aliphatic carbocycles. The molecule has 22 nitrogen and oxygen atoms in total. The third-order valence-corrected chi connectivity index (χ3v) is 13.0. The van der Waals surface area contributed by atoms with E-state index in [4.69, 9.17) is 5.73 Å². The molecule has 7 amide bonds. The van der Waals surface area contributed by atoms with Gasteiger partial charge in [-0.15, -0.1) is 0 Å². The lowest BCUT2D eigenvalue weighted by atomic mass is 10.0. The van der Waals surface area contributed by atoms with Crippen molar-refractivity contribution in [3.8, 4) is 0 Å². The molecule has 0 spiro atoms. The first-order valence-corrected chi connectivity index (χ1v) is 23.6. The number of hydrogen-bond acceptors (Lipinski definition) is 13. The highest BCUT2D eigenvalue weighted by atomic mass is 32.1. The van der Waals surface area contributed by atoms with Gasteiger partial charge in [0.05, 0.1) is 12.6 Å². The molecule has 0 radical (unpaired) electrons. The number of carboxylic acids is 2. The average Bonchev–Trinajstić information content (AvgIpc) is 4.16. The quantitative estimate of drug-likeness (QED) is 0.0403. The molecule has 4 heterocycles. The summed E-state index contributed by atoms with van der Waals surface area (Å²) in [7, 11) is 0. The molecule has 2 fully saturated rings. The Morgan fingerprint density at radius 2 is 1.20 bits per heavy atom. The number of aliphatic carboxylic acids is 2. The molecule has 0 saturated carbocycles. The highest BCUT2D eigenvalue weighted by Gasteiger charge is 2.44. The van der Waals surface area contributed by atoms with Gasteiger partial charge in [0.15, 0.2) is 0 Å². The van der Waals surface area contributed by atoms with Crippen LogP contribution in [0.5, 0.6) is 0 Å². The number of aliphatic hydroxyl groups excluding tert-OH is 1. The first-order chi connectivity index (χ1) is 33.0. The number of nitrogens with zero attached hydrogens (tertiary/aromatic N) is 2. The van der Waals surface area contributed by atoms with Crippen molar-refractivity contribution in [1.29, 1.82) is 0 Å². The van der Waals surface area contributed by atoms with Crippen molar-refractivity contribution in [3.05, 3.63) is 72.1 Å². The molecular formula is C45H56N10O12S2. The number of carboxylic acid groups (broad SMARTS) is 2. The van der Waals surface area contributed by atoms with Gasteiger partial charge in [-0.2, -0.15) is 25.3 Å². The van der Waals surface area contributed by atoms with Crippen LogP contribution in [0.25, 0.3) is 21.8 Å². The van der Waals surface area contributed by atoms with Crippen molar-refractivity contribution in [2.45, 2.75) is 93.3 Å². The first-order valence-electron chi connectivity index (χ1n) is 22.3. The number of fused-ring (bicyclic) bond motifs is 2. The summed E-state index contributed by atoms with van der Waals surface area (Å²) in [4.78, 5) is 129. The fraction of sp³-hybridized carbons (Fsp3) is 0.444. The van der Waals surface area contributed by atoms with E-state index in [1.165, 1.54) is 4.90 Å². The largest absolute Gasteiger partial charge is 0.481 e. The molecule has 4 aromatic rings. The lowest BCUT2D eigenvalue weighted by Crippen LogP contribution is -2.60. The van der Waals surface area contributed by atoms with Crippen LogP contribution in [0.4, 0.5) is 0 Å². The molecule has 24 heteroatoms. The number of nitrogens with two attached hydrogens (primary N) is 1. The number of rotatable bonds is 22. The second-order valence-electron chi connectivity index (χ2n) is 16.9. The zero-order valence-corrected chi connectivity index (χ0v) is 39.0. The maximum Gasteiger partial charge on any atom is 0.327 e. The summed E-state index contributed by atoms with van der Waals surface area (Å²) in [5.74, 6) is -8.57. The number of amides is 7. The number of β-amino-alcohol motifs (C(OH)–C–C–N with tert-alkyl or cyclic N) is 1. The van der Waals surface area contributed by atoms with Gasteiger partial charge in [0.2, 0.25) is 41.4 Å². The molecule has 2 saturated heterocycles. The maximum absolute atomic E-state index is 14.6. The van der Waals surface area contributed by atoms with Gasteiger partial charge in [-0.1, -0.05) is 36.4 Å². The van der Waals surface area contributed by atoms with Crippen molar-refractivity contribution >= 4 is 100 Å². The molecule has 12 N–H and O–H groups in total. The number of benzene rings is 2. The minimum absolute atomic E-state index is 0.0127. The zero-order valence-electron chi connectivity index (χ0n) is 37.3. The molecule has 8 atom stereocenters. The van der Waals surface area contributed by atoms with E-state index in [9.17, 15) is 58.5 Å². The Kier molecular flexibility index (Phi) is 17.7. The minimum Gasteiger partial charge on any atom is -0.481 e. The Bertz CT molecular complexity index is 2570. The van der Waals surface area contributed by atoms with Gasteiger partial charge in [-0.3, -0.25) is 38.4 Å². The minimum atomic E-state index is -1.55. The van der Waals surface area contributed by atoms with Crippen LogP contribution in [-0.4, -0.2) is 168 Å². The van der Waals surface area contributed by atoms with Crippen LogP contribution in [0.1, 0.15) is 43.2 Å². The summed E-state index contributed by atoms with van der Waals surface area (Å²) >= 11 is 8.22. The third kappa shape index (κ3) is 12.7. The van der Waals surface area contributed by atoms with E-state index in [1.54, 1.807) is 42.7 Å². The monoisotopic (exact) mass is 992 g/mol. The van der Waals surface area contributed by atoms with Crippen molar-refractivity contribution in [1.82, 2.24) is 46.4 Å².